The van der Waals surface area contributed by atoms with E-state index in [1.807, 2.05) is 16.8 Å². The molecule has 0 spiro atoms. The molecule has 106 valence electrons. The van der Waals surface area contributed by atoms with E-state index < -0.39 is 6.10 Å². The van der Waals surface area contributed by atoms with Gasteiger partial charge in [0.1, 0.15) is 17.7 Å². The molecule has 0 saturated carbocycles. The van der Waals surface area contributed by atoms with E-state index in [-0.39, 0.29) is 11.9 Å². The molecule has 1 aliphatic heterocycles. The number of hydrogen-bond donors (Lipinski definition) is 2. The standard InChI is InChI=1S/C15H16FNO2S/c16-12-1-2-15-11(5-12)6-13(19-15)7-17-8-14(18)10-3-4-20-9-10/h1-5,9,13-14,17-18H,6-8H2. The molecule has 0 bridgehead atoms. The zero-order valence-electron chi connectivity index (χ0n) is 10.9. The van der Waals surface area contributed by atoms with Crippen molar-refractivity contribution in [2.24, 2.45) is 0 Å². The Bertz CT molecular complexity index is 573. The number of rotatable bonds is 5. The lowest BCUT2D eigenvalue weighted by atomic mass is 10.1. The van der Waals surface area contributed by atoms with Gasteiger partial charge in [-0.2, -0.15) is 11.3 Å². The molecule has 1 aliphatic rings. The number of halogens is 1. The first kappa shape index (κ1) is 13.5. The van der Waals surface area contributed by atoms with E-state index in [0.717, 1.165) is 16.9 Å². The first-order valence-corrected chi connectivity index (χ1v) is 7.52. The number of ether oxygens (including phenoxy) is 1. The van der Waals surface area contributed by atoms with Crippen molar-refractivity contribution in [3.05, 3.63) is 52.0 Å². The fourth-order valence-corrected chi connectivity index (χ4v) is 3.07. The maximum Gasteiger partial charge on any atom is 0.123 e. The molecule has 2 atom stereocenters. The second kappa shape index (κ2) is 5.91. The number of thiophene rings is 1. The highest BCUT2D eigenvalue weighted by molar-refractivity contribution is 7.07. The molecule has 20 heavy (non-hydrogen) atoms. The Balaban J connectivity index is 1.47. The van der Waals surface area contributed by atoms with Crippen LogP contribution in [0, 0.1) is 5.82 Å². The van der Waals surface area contributed by atoms with Gasteiger partial charge in [-0.3, -0.25) is 0 Å². The molecule has 1 aromatic heterocycles. The van der Waals surface area contributed by atoms with E-state index in [0.29, 0.717) is 19.5 Å². The van der Waals surface area contributed by atoms with Crippen LogP contribution in [0.15, 0.2) is 35.0 Å². The summed E-state index contributed by atoms with van der Waals surface area (Å²) < 4.78 is 18.8. The predicted octanol–water partition coefficient (Wildman–Crippen LogP) is 2.51. The van der Waals surface area contributed by atoms with E-state index in [1.165, 1.54) is 12.1 Å². The first-order valence-electron chi connectivity index (χ1n) is 6.58. The highest BCUT2D eigenvalue weighted by Gasteiger charge is 2.23. The van der Waals surface area contributed by atoms with Crippen molar-refractivity contribution in [3.8, 4) is 5.75 Å². The Labute approximate surface area is 121 Å². The van der Waals surface area contributed by atoms with Crippen LogP contribution in [0.3, 0.4) is 0 Å². The molecule has 0 saturated heterocycles. The SMILES string of the molecule is OC(CNCC1Cc2cc(F)ccc2O1)c1ccsc1. The van der Waals surface area contributed by atoms with Crippen molar-refractivity contribution in [2.75, 3.05) is 13.1 Å². The zero-order valence-corrected chi connectivity index (χ0v) is 11.7. The topological polar surface area (TPSA) is 41.5 Å². The minimum absolute atomic E-state index is 0.00137. The van der Waals surface area contributed by atoms with E-state index in [1.54, 1.807) is 17.4 Å². The van der Waals surface area contributed by atoms with Crippen molar-refractivity contribution < 1.29 is 14.2 Å². The van der Waals surface area contributed by atoms with Crippen LogP contribution in [-0.4, -0.2) is 24.3 Å². The van der Waals surface area contributed by atoms with Gasteiger partial charge in [0.2, 0.25) is 0 Å². The summed E-state index contributed by atoms with van der Waals surface area (Å²) in [5.41, 5.74) is 1.84. The molecular weight excluding hydrogens is 277 g/mol. The molecule has 0 fully saturated rings. The zero-order chi connectivity index (χ0) is 13.9. The number of aliphatic hydroxyl groups excluding tert-OH is 1. The third-order valence-corrected chi connectivity index (χ3v) is 4.10. The predicted molar refractivity (Wildman–Crippen MR) is 76.7 cm³/mol. The molecule has 0 radical (unpaired) electrons. The molecule has 2 aromatic rings. The van der Waals surface area contributed by atoms with Crippen LogP contribution in [0.4, 0.5) is 4.39 Å². The van der Waals surface area contributed by atoms with Gasteiger partial charge in [-0.25, -0.2) is 4.39 Å². The van der Waals surface area contributed by atoms with Gasteiger partial charge >= 0.3 is 0 Å². The summed E-state index contributed by atoms with van der Waals surface area (Å²) in [6.45, 7) is 1.12. The molecule has 3 rings (SSSR count). The summed E-state index contributed by atoms with van der Waals surface area (Å²) >= 11 is 1.57. The Morgan fingerprint density at radius 3 is 3.15 bits per heavy atom. The third-order valence-electron chi connectivity index (χ3n) is 3.40. The van der Waals surface area contributed by atoms with Crippen LogP contribution in [0.2, 0.25) is 0 Å². The Morgan fingerprint density at radius 1 is 1.45 bits per heavy atom. The minimum Gasteiger partial charge on any atom is -0.488 e. The van der Waals surface area contributed by atoms with Crippen LogP contribution in [0.5, 0.6) is 5.75 Å². The molecular formula is C15H16FNO2S. The average Bonchev–Trinajstić information content (AvgIpc) is 3.06. The molecule has 0 amide bonds. The van der Waals surface area contributed by atoms with Crippen molar-refractivity contribution in [1.29, 1.82) is 0 Å². The number of hydrogen-bond acceptors (Lipinski definition) is 4. The molecule has 0 aliphatic carbocycles. The van der Waals surface area contributed by atoms with Gasteiger partial charge in [0.15, 0.2) is 0 Å². The summed E-state index contributed by atoms with van der Waals surface area (Å²) in [7, 11) is 0. The summed E-state index contributed by atoms with van der Waals surface area (Å²) in [5.74, 6) is 0.533. The maximum atomic E-state index is 13.1. The van der Waals surface area contributed by atoms with Crippen molar-refractivity contribution in [3.63, 3.8) is 0 Å². The van der Waals surface area contributed by atoms with Crippen LogP contribution in [0.1, 0.15) is 17.2 Å². The third kappa shape index (κ3) is 3.00. The van der Waals surface area contributed by atoms with Crippen molar-refractivity contribution >= 4 is 11.3 Å². The van der Waals surface area contributed by atoms with Gasteiger partial charge in [0.25, 0.3) is 0 Å². The molecule has 1 aromatic carbocycles. The van der Waals surface area contributed by atoms with Gasteiger partial charge in [0.05, 0.1) is 6.10 Å². The normalized spacial score (nSPS) is 18.6. The Hall–Kier alpha value is -1.43. The monoisotopic (exact) mass is 293 g/mol. The van der Waals surface area contributed by atoms with Crippen LogP contribution in [-0.2, 0) is 6.42 Å². The molecule has 2 N–H and O–H groups in total. The van der Waals surface area contributed by atoms with E-state index in [9.17, 15) is 9.50 Å². The van der Waals surface area contributed by atoms with Gasteiger partial charge < -0.3 is 15.2 Å². The molecule has 5 heteroatoms. The lowest BCUT2D eigenvalue weighted by molar-refractivity contribution is 0.164. The lowest BCUT2D eigenvalue weighted by Gasteiger charge is -2.14. The van der Waals surface area contributed by atoms with E-state index >= 15 is 0 Å². The van der Waals surface area contributed by atoms with Crippen molar-refractivity contribution in [2.45, 2.75) is 18.6 Å². The number of nitrogens with one attached hydrogen (secondary N) is 1. The van der Waals surface area contributed by atoms with Crippen LogP contribution in [0.25, 0.3) is 0 Å². The first-order chi connectivity index (χ1) is 9.72. The summed E-state index contributed by atoms with van der Waals surface area (Å²) in [4.78, 5) is 0. The second-order valence-corrected chi connectivity index (χ2v) is 5.71. The summed E-state index contributed by atoms with van der Waals surface area (Å²) in [6, 6.07) is 6.52. The summed E-state index contributed by atoms with van der Waals surface area (Å²) in [5, 5.41) is 17.0. The Kier molecular flexibility index (Phi) is 4.00. The largest absolute Gasteiger partial charge is 0.488 e. The lowest BCUT2D eigenvalue weighted by Crippen LogP contribution is -2.32. The number of aliphatic hydroxyl groups is 1. The highest BCUT2D eigenvalue weighted by atomic mass is 32.1. The minimum atomic E-state index is -0.498. The molecule has 2 heterocycles. The smallest absolute Gasteiger partial charge is 0.123 e. The fraction of sp³-hybridized carbons (Fsp3) is 0.333. The number of fused-ring (bicyclic) bond motifs is 1. The molecule has 2 unspecified atom stereocenters. The van der Waals surface area contributed by atoms with Gasteiger partial charge in [-0.1, -0.05) is 0 Å². The second-order valence-electron chi connectivity index (χ2n) is 4.93. The van der Waals surface area contributed by atoms with E-state index in [2.05, 4.69) is 5.32 Å². The quantitative estimate of drug-likeness (QED) is 0.890. The summed E-state index contributed by atoms with van der Waals surface area (Å²) in [6.07, 6.45) is 0.207. The number of benzene rings is 1. The maximum absolute atomic E-state index is 13.1. The van der Waals surface area contributed by atoms with Gasteiger partial charge in [-0.05, 0) is 40.6 Å². The molecule has 3 nitrogen and oxygen atoms in total. The van der Waals surface area contributed by atoms with Crippen LogP contribution < -0.4 is 10.1 Å². The van der Waals surface area contributed by atoms with Crippen LogP contribution >= 0.6 is 11.3 Å². The van der Waals surface area contributed by atoms with E-state index in [4.69, 9.17) is 4.74 Å². The average molecular weight is 293 g/mol. The van der Waals surface area contributed by atoms with Crippen molar-refractivity contribution in [1.82, 2.24) is 5.32 Å². The van der Waals surface area contributed by atoms with Gasteiger partial charge in [0, 0.05) is 25.1 Å². The fourth-order valence-electron chi connectivity index (χ4n) is 2.37. The Morgan fingerprint density at radius 2 is 2.35 bits per heavy atom. The van der Waals surface area contributed by atoms with Gasteiger partial charge in [-0.15, -0.1) is 0 Å². The highest BCUT2D eigenvalue weighted by Crippen LogP contribution is 2.29.